The summed E-state index contributed by atoms with van der Waals surface area (Å²) in [5.41, 5.74) is -0.122. The summed E-state index contributed by atoms with van der Waals surface area (Å²) in [5, 5.41) is 10.7. The Morgan fingerprint density at radius 3 is 2.54 bits per heavy atom. The van der Waals surface area contributed by atoms with Crippen molar-refractivity contribution >= 4 is 17.6 Å². The van der Waals surface area contributed by atoms with E-state index >= 15 is 0 Å². The van der Waals surface area contributed by atoms with Gasteiger partial charge in [-0.3, -0.25) is 10.1 Å². The highest BCUT2D eigenvalue weighted by Gasteiger charge is 2.30. The number of ether oxygens (including phenoxy) is 1. The maximum Gasteiger partial charge on any atom is 0.305 e. The van der Waals surface area contributed by atoms with Gasteiger partial charge in [0.05, 0.1) is 17.6 Å². The number of piperazine rings is 1. The van der Waals surface area contributed by atoms with Gasteiger partial charge in [-0.1, -0.05) is 0 Å². The Morgan fingerprint density at radius 1 is 1.21 bits per heavy atom. The maximum atomic E-state index is 10.7. The number of hydrogen-bond donors (Lipinski definition) is 0. The van der Waals surface area contributed by atoms with Gasteiger partial charge in [0, 0.05) is 39.1 Å². The van der Waals surface area contributed by atoms with Crippen LogP contribution in [0.1, 0.15) is 0 Å². The van der Waals surface area contributed by atoms with Crippen molar-refractivity contribution in [1.29, 1.82) is 0 Å². The number of nitrogens with zero attached hydrogens (tertiary/aromatic N) is 7. The summed E-state index contributed by atoms with van der Waals surface area (Å²) >= 11 is 0. The highest BCUT2D eigenvalue weighted by atomic mass is 16.6. The molecule has 0 N–H and O–H groups in total. The lowest BCUT2D eigenvalue weighted by Gasteiger charge is -2.41. The molecule has 0 amide bonds. The van der Waals surface area contributed by atoms with Crippen LogP contribution in [0.4, 0.5) is 17.6 Å². The number of aromatic nitrogens is 4. The van der Waals surface area contributed by atoms with Crippen molar-refractivity contribution in [3.05, 3.63) is 41.0 Å². The number of anilines is 2. The van der Waals surface area contributed by atoms with Crippen LogP contribution in [0.15, 0.2) is 30.9 Å². The van der Waals surface area contributed by atoms with Crippen molar-refractivity contribution in [2.75, 3.05) is 43.2 Å². The Bertz CT molecular complexity index is 683. The van der Waals surface area contributed by atoms with Gasteiger partial charge in [0.1, 0.15) is 12.4 Å². The quantitative estimate of drug-likeness (QED) is 0.571. The Labute approximate surface area is 138 Å². The molecule has 0 aromatic carbocycles. The van der Waals surface area contributed by atoms with Crippen LogP contribution >= 0.6 is 0 Å². The van der Waals surface area contributed by atoms with Crippen molar-refractivity contribution in [1.82, 2.24) is 19.9 Å². The molecule has 24 heavy (non-hydrogen) atoms. The summed E-state index contributed by atoms with van der Waals surface area (Å²) in [6.45, 7) is 2.46. The van der Waals surface area contributed by atoms with E-state index in [1.165, 1.54) is 12.4 Å². The van der Waals surface area contributed by atoms with E-state index in [0.717, 1.165) is 0 Å². The molecule has 1 aliphatic heterocycles. The third kappa shape index (κ3) is 3.38. The molecule has 1 aliphatic rings. The largest absolute Gasteiger partial charge is 0.382 e. The van der Waals surface area contributed by atoms with Gasteiger partial charge >= 0.3 is 5.69 Å². The highest BCUT2D eigenvalue weighted by molar-refractivity contribution is 5.40. The van der Waals surface area contributed by atoms with E-state index in [9.17, 15) is 10.1 Å². The number of hydrogen-bond acceptors (Lipinski definition) is 9. The molecule has 0 bridgehead atoms. The molecular weight excluding hydrogens is 314 g/mol. The van der Waals surface area contributed by atoms with E-state index in [1.807, 2.05) is 4.90 Å². The van der Waals surface area contributed by atoms with Crippen LogP contribution in [-0.4, -0.2) is 64.3 Å². The summed E-state index contributed by atoms with van der Waals surface area (Å²) in [7, 11) is 1.64. The smallest absolute Gasteiger partial charge is 0.305 e. The van der Waals surface area contributed by atoms with Gasteiger partial charge in [-0.05, 0) is 6.07 Å². The van der Waals surface area contributed by atoms with Crippen molar-refractivity contribution < 1.29 is 9.66 Å². The molecule has 1 atom stereocenters. The number of nitro groups is 1. The molecule has 0 saturated carbocycles. The second kappa shape index (κ2) is 7.13. The molecule has 3 heterocycles. The number of methoxy groups -OCH3 is 1. The van der Waals surface area contributed by atoms with Gasteiger partial charge in [-0.25, -0.2) is 19.9 Å². The van der Waals surface area contributed by atoms with Crippen LogP contribution in [-0.2, 0) is 4.74 Å². The molecular formula is C14H17N7O3. The molecule has 2 aromatic heterocycles. The molecule has 0 radical (unpaired) electrons. The van der Waals surface area contributed by atoms with Crippen LogP contribution in [0.3, 0.4) is 0 Å². The van der Waals surface area contributed by atoms with E-state index in [1.54, 1.807) is 25.6 Å². The van der Waals surface area contributed by atoms with E-state index < -0.39 is 4.92 Å². The van der Waals surface area contributed by atoms with Crippen molar-refractivity contribution in [2.45, 2.75) is 6.04 Å². The summed E-state index contributed by atoms with van der Waals surface area (Å²) < 4.78 is 5.31. The third-order valence-electron chi connectivity index (χ3n) is 3.77. The van der Waals surface area contributed by atoms with Gasteiger partial charge in [-0.15, -0.1) is 0 Å². The standard InChI is InChI=1S/C14H17N7O3/c1-24-10-12-9-19(13-17-7-11(8-18-13)21(22)23)5-6-20(12)14-15-3-2-4-16-14/h2-4,7-8,12H,5-6,9-10H2,1H3. The van der Waals surface area contributed by atoms with E-state index in [-0.39, 0.29) is 11.7 Å². The van der Waals surface area contributed by atoms with Crippen LogP contribution in [0.5, 0.6) is 0 Å². The molecule has 1 fully saturated rings. The van der Waals surface area contributed by atoms with E-state index in [4.69, 9.17) is 4.74 Å². The van der Waals surface area contributed by atoms with Gasteiger partial charge in [0.25, 0.3) is 0 Å². The fourth-order valence-electron chi connectivity index (χ4n) is 2.65. The second-order valence-corrected chi connectivity index (χ2v) is 5.30. The molecule has 10 nitrogen and oxygen atoms in total. The molecule has 10 heteroatoms. The molecule has 0 spiro atoms. The van der Waals surface area contributed by atoms with Crippen LogP contribution in [0, 0.1) is 10.1 Å². The van der Waals surface area contributed by atoms with Gasteiger partial charge < -0.3 is 14.5 Å². The first kappa shape index (κ1) is 16.0. The minimum absolute atomic E-state index is 0.0324. The zero-order valence-electron chi connectivity index (χ0n) is 13.1. The predicted molar refractivity (Wildman–Crippen MR) is 85.9 cm³/mol. The fourth-order valence-corrected chi connectivity index (χ4v) is 2.65. The monoisotopic (exact) mass is 331 g/mol. The molecule has 2 aromatic rings. The molecule has 126 valence electrons. The van der Waals surface area contributed by atoms with Crippen molar-refractivity contribution in [2.24, 2.45) is 0 Å². The number of rotatable bonds is 5. The topological polar surface area (TPSA) is 110 Å². The fraction of sp³-hybridized carbons (Fsp3) is 0.429. The zero-order valence-corrected chi connectivity index (χ0v) is 13.1. The lowest BCUT2D eigenvalue weighted by Crippen LogP contribution is -2.56. The summed E-state index contributed by atoms with van der Waals surface area (Å²) in [4.78, 5) is 31.0. The first-order chi connectivity index (χ1) is 11.7. The first-order valence-electron chi connectivity index (χ1n) is 7.43. The SMILES string of the molecule is COCC1CN(c2ncc([N+](=O)[O-])cn2)CCN1c1ncccn1. The molecule has 3 rings (SSSR count). The van der Waals surface area contributed by atoms with Gasteiger partial charge in [-0.2, -0.15) is 0 Å². The van der Waals surface area contributed by atoms with Gasteiger partial charge in [0.2, 0.25) is 11.9 Å². The Balaban J connectivity index is 1.76. The normalized spacial score (nSPS) is 17.8. The minimum Gasteiger partial charge on any atom is -0.382 e. The highest BCUT2D eigenvalue weighted by Crippen LogP contribution is 2.20. The summed E-state index contributed by atoms with van der Waals surface area (Å²) in [5.74, 6) is 1.12. The Hall–Kier alpha value is -2.88. The third-order valence-corrected chi connectivity index (χ3v) is 3.77. The zero-order chi connectivity index (χ0) is 16.9. The lowest BCUT2D eigenvalue weighted by atomic mass is 10.2. The summed E-state index contributed by atoms with van der Waals surface area (Å²) in [6, 6.07) is 1.81. The van der Waals surface area contributed by atoms with Crippen molar-refractivity contribution in [3.8, 4) is 0 Å². The lowest BCUT2D eigenvalue weighted by molar-refractivity contribution is -0.385. The van der Waals surface area contributed by atoms with Crippen molar-refractivity contribution in [3.63, 3.8) is 0 Å². The van der Waals surface area contributed by atoms with Gasteiger partial charge in [0.15, 0.2) is 0 Å². The van der Waals surface area contributed by atoms with Crippen LogP contribution in [0.2, 0.25) is 0 Å². The Morgan fingerprint density at radius 2 is 1.92 bits per heavy atom. The average Bonchev–Trinajstić information content (AvgIpc) is 2.63. The average molecular weight is 331 g/mol. The van der Waals surface area contributed by atoms with E-state index in [2.05, 4.69) is 24.8 Å². The Kier molecular flexibility index (Phi) is 4.75. The molecule has 0 aliphatic carbocycles. The second-order valence-electron chi connectivity index (χ2n) is 5.30. The van der Waals surface area contributed by atoms with Crippen LogP contribution < -0.4 is 9.80 Å². The molecule has 1 saturated heterocycles. The predicted octanol–water partition coefficient (Wildman–Crippen LogP) is 0.516. The summed E-state index contributed by atoms with van der Waals surface area (Å²) in [6.07, 6.45) is 5.86. The maximum absolute atomic E-state index is 10.7. The minimum atomic E-state index is -0.512. The van der Waals surface area contributed by atoms with E-state index in [0.29, 0.717) is 38.1 Å². The molecule has 1 unspecified atom stereocenters. The first-order valence-corrected chi connectivity index (χ1v) is 7.43. The van der Waals surface area contributed by atoms with Crippen LogP contribution in [0.25, 0.3) is 0 Å².